The first-order chi connectivity index (χ1) is 32.2. The van der Waals surface area contributed by atoms with E-state index in [2.05, 4.69) is 40.9 Å². The molecule has 2 aliphatic carbocycles. The van der Waals surface area contributed by atoms with Gasteiger partial charge in [0.2, 0.25) is 0 Å². The molecular formula is C54H78O14. The molecule has 0 spiro atoms. The number of benzene rings is 3. The van der Waals surface area contributed by atoms with E-state index in [1.165, 1.54) is 12.8 Å². The summed E-state index contributed by atoms with van der Waals surface area (Å²) in [6.07, 6.45) is 7.72. The molecule has 2 aliphatic rings. The number of aryl methyl sites for hydroxylation is 1. The van der Waals surface area contributed by atoms with Gasteiger partial charge in [-0.25, -0.2) is 9.59 Å². The van der Waals surface area contributed by atoms with Crippen molar-refractivity contribution in [1.29, 1.82) is 0 Å². The highest BCUT2D eigenvalue weighted by Crippen LogP contribution is 2.33. The van der Waals surface area contributed by atoms with Crippen LogP contribution >= 0.6 is 0 Å². The SMILES string of the molecule is C.C=CC(=O)OCC(COc1ccc2ccccc2c1)OC(=O)C1CCCCC1C(=O)O.C=CC(=O)OCC(COc1ccccc1C)OC(=O)C1CCCCC1C(=O)O.CC.CCC.CCC. The number of carboxylic acid groups (broad SMARTS) is 2. The van der Waals surface area contributed by atoms with E-state index in [4.69, 9.17) is 28.4 Å². The molecule has 0 bridgehead atoms. The van der Waals surface area contributed by atoms with Crippen molar-refractivity contribution < 1.29 is 67.4 Å². The van der Waals surface area contributed by atoms with Gasteiger partial charge in [-0.05, 0) is 67.1 Å². The number of carbonyl (C=O) groups is 6. The lowest BCUT2D eigenvalue weighted by atomic mass is 9.79. The predicted octanol–water partition coefficient (Wildman–Crippen LogP) is 11.2. The number of fused-ring (bicyclic) bond motifs is 1. The molecule has 0 heterocycles. The van der Waals surface area contributed by atoms with Gasteiger partial charge in [0, 0.05) is 12.2 Å². The van der Waals surface area contributed by atoms with Crippen LogP contribution in [0.3, 0.4) is 0 Å². The molecule has 0 saturated heterocycles. The minimum Gasteiger partial charge on any atom is -0.490 e. The summed E-state index contributed by atoms with van der Waals surface area (Å²) >= 11 is 0. The van der Waals surface area contributed by atoms with Crippen LogP contribution in [0.5, 0.6) is 11.5 Å². The summed E-state index contributed by atoms with van der Waals surface area (Å²) in [6.45, 7) is 20.6. The van der Waals surface area contributed by atoms with Gasteiger partial charge in [-0.1, -0.05) is 149 Å². The lowest BCUT2D eigenvalue weighted by Gasteiger charge is -2.28. The Morgan fingerprint density at radius 2 is 0.985 bits per heavy atom. The Morgan fingerprint density at radius 1 is 0.588 bits per heavy atom. The van der Waals surface area contributed by atoms with Crippen LogP contribution in [0, 0.1) is 30.6 Å². The zero-order valence-corrected chi connectivity index (χ0v) is 40.6. The number of hydrogen-bond acceptors (Lipinski definition) is 12. The van der Waals surface area contributed by atoms with Crippen LogP contribution in [0.15, 0.2) is 92.0 Å². The number of aliphatic carboxylic acids is 2. The largest absolute Gasteiger partial charge is 0.490 e. The highest BCUT2D eigenvalue weighted by molar-refractivity contribution is 5.84. The molecule has 68 heavy (non-hydrogen) atoms. The van der Waals surface area contributed by atoms with E-state index in [1.807, 2.05) is 75.4 Å². The standard InChI is InChI=1S/C24H26O7.C21H26O7.2C3H8.C2H6.CH4/c1-2-22(25)30-15-19(31-24(28)21-10-6-5-9-20(21)23(26)27)14-29-18-12-11-16-7-3-4-8-17(16)13-18;1-3-19(22)27-13-15(12-26-18-11-7-4-8-14(18)2)28-21(25)17-10-6-5-9-16(17)20(23)24;2*1-3-2;1-2;/h2-4,7-8,11-13,19-21H,1,5-6,9-10,14-15H2,(H,26,27);3-4,7-8,11,15-17H,1,5-6,9-10,12-13H2,2H3,(H,23,24);2*3H2,1-2H3;1-2H3;1H4. The number of para-hydroxylation sites is 1. The van der Waals surface area contributed by atoms with Crippen LogP contribution in [0.4, 0.5) is 0 Å². The molecule has 2 N–H and O–H groups in total. The Labute approximate surface area is 404 Å². The first-order valence-electron chi connectivity index (χ1n) is 23.5. The van der Waals surface area contributed by atoms with Gasteiger partial charge < -0.3 is 38.6 Å². The van der Waals surface area contributed by atoms with Gasteiger partial charge in [-0.15, -0.1) is 0 Å². The van der Waals surface area contributed by atoms with Crippen LogP contribution in [0.2, 0.25) is 0 Å². The van der Waals surface area contributed by atoms with Crippen molar-refractivity contribution in [2.45, 2.75) is 132 Å². The molecule has 14 heteroatoms. The van der Waals surface area contributed by atoms with E-state index < -0.39 is 71.7 Å². The molecule has 5 rings (SSSR count). The Hall–Kier alpha value is -6.18. The molecule has 0 amide bonds. The van der Waals surface area contributed by atoms with Crippen molar-refractivity contribution in [1.82, 2.24) is 0 Å². The maximum atomic E-state index is 12.7. The first kappa shape index (κ1) is 61.8. The number of carboxylic acids is 2. The quantitative estimate of drug-likeness (QED) is 0.0693. The maximum Gasteiger partial charge on any atom is 0.330 e. The topological polar surface area (TPSA) is 198 Å². The van der Waals surface area contributed by atoms with Crippen LogP contribution in [0.25, 0.3) is 10.8 Å². The summed E-state index contributed by atoms with van der Waals surface area (Å²) in [5, 5.41) is 20.9. The third-order valence-electron chi connectivity index (χ3n) is 10.2. The average molecular weight is 951 g/mol. The van der Waals surface area contributed by atoms with Gasteiger partial charge in [0.05, 0.1) is 23.7 Å². The molecule has 2 fully saturated rings. The smallest absolute Gasteiger partial charge is 0.330 e. The van der Waals surface area contributed by atoms with E-state index in [1.54, 1.807) is 12.1 Å². The molecule has 6 unspecified atom stereocenters. The van der Waals surface area contributed by atoms with Crippen LogP contribution in [-0.2, 0) is 47.7 Å². The molecule has 0 aliphatic heterocycles. The molecule has 378 valence electrons. The second-order valence-corrected chi connectivity index (χ2v) is 15.8. The van der Waals surface area contributed by atoms with E-state index in [-0.39, 0.29) is 33.9 Å². The van der Waals surface area contributed by atoms with Gasteiger partial charge in [0.1, 0.15) is 37.9 Å². The number of ether oxygens (including phenoxy) is 6. The van der Waals surface area contributed by atoms with Crippen LogP contribution in [-0.4, -0.2) is 84.7 Å². The summed E-state index contributed by atoms with van der Waals surface area (Å²) in [6, 6.07) is 20.8. The molecule has 14 nitrogen and oxygen atoms in total. The Balaban J connectivity index is 0.00000113. The van der Waals surface area contributed by atoms with Gasteiger partial charge in [0.25, 0.3) is 0 Å². The highest BCUT2D eigenvalue weighted by atomic mass is 16.6. The summed E-state index contributed by atoms with van der Waals surface area (Å²) in [4.78, 5) is 71.1. The van der Waals surface area contributed by atoms with Gasteiger partial charge in [0.15, 0.2) is 12.2 Å². The molecule has 3 aromatic carbocycles. The minimum atomic E-state index is -0.997. The summed E-state index contributed by atoms with van der Waals surface area (Å²) in [5.41, 5.74) is 0.911. The maximum absolute atomic E-state index is 12.7. The Kier molecular flexibility index (Phi) is 32.7. The summed E-state index contributed by atoms with van der Waals surface area (Å²) in [7, 11) is 0. The number of esters is 4. The molecule has 6 atom stereocenters. The lowest BCUT2D eigenvalue weighted by molar-refractivity contribution is -0.169. The van der Waals surface area contributed by atoms with Crippen molar-refractivity contribution in [2.75, 3.05) is 26.4 Å². The highest BCUT2D eigenvalue weighted by Gasteiger charge is 2.39. The van der Waals surface area contributed by atoms with E-state index >= 15 is 0 Å². The summed E-state index contributed by atoms with van der Waals surface area (Å²) < 4.78 is 32.6. The average Bonchev–Trinajstić information content (AvgIpc) is 3.34. The monoisotopic (exact) mass is 951 g/mol. The van der Waals surface area contributed by atoms with Crippen molar-refractivity contribution in [3.05, 3.63) is 97.6 Å². The lowest BCUT2D eigenvalue weighted by Crippen LogP contribution is -2.38. The van der Waals surface area contributed by atoms with Crippen molar-refractivity contribution in [2.24, 2.45) is 23.7 Å². The van der Waals surface area contributed by atoms with Crippen LogP contribution < -0.4 is 9.47 Å². The minimum absolute atomic E-state index is 0. The van der Waals surface area contributed by atoms with Gasteiger partial charge in [-0.2, -0.15) is 0 Å². The molecular weight excluding hydrogens is 873 g/mol. The predicted molar refractivity (Wildman–Crippen MR) is 264 cm³/mol. The second-order valence-electron chi connectivity index (χ2n) is 15.8. The fourth-order valence-corrected chi connectivity index (χ4v) is 6.97. The van der Waals surface area contributed by atoms with Crippen molar-refractivity contribution in [3.8, 4) is 11.5 Å². The third kappa shape index (κ3) is 23.0. The fourth-order valence-electron chi connectivity index (χ4n) is 6.97. The van der Waals surface area contributed by atoms with E-state index in [0.29, 0.717) is 37.2 Å². The molecule has 0 aromatic heterocycles. The first-order valence-corrected chi connectivity index (χ1v) is 23.5. The number of hydrogen-bond donors (Lipinski definition) is 2. The van der Waals surface area contributed by atoms with Crippen molar-refractivity contribution in [3.63, 3.8) is 0 Å². The Morgan fingerprint density at radius 3 is 1.41 bits per heavy atom. The zero-order chi connectivity index (χ0) is 50.1. The van der Waals surface area contributed by atoms with Crippen LogP contribution in [0.1, 0.15) is 119 Å². The van der Waals surface area contributed by atoms with Gasteiger partial charge in [-0.3, -0.25) is 19.2 Å². The molecule has 3 aromatic rings. The normalized spacial score (nSPS) is 17.6. The van der Waals surface area contributed by atoms with Crippen molar-refractivity contribution >= 4 is 46.6 Å². The zero-order valence-electron chi connectivity index (χ0n) is 40.6. The molecule has 0 radical (unpaired) electrons. The number of carbonyl (C=O) groups excluding carboxylic acids is 4. The van der Waals surface area contributed by atoms with Gasteiger partial charge >= 0.3 is 35.8 Å². The van der Waals surface area contributed by atoms with E-state index in [9.17, 15) is 39.0 Å². The number of rotatable bonds is 18. The summed E-state index contributed by atoms with van der Waals surface area (Å²) in [5.74, 6) is -6.22. The Bertz CT molecular complexity index is 1970. The third-order valence-corrected chi connectivity index (χ3v) is 10.2. The molecule has 2 saturated carbocycles. The second kappa shape index (κ2) is 35.9. The van der Waals surface area contributed by atoms with E-state index in [0.717, 1.165) is 54.2 Å². The fraction of sp³-hybridized carbons (Fsp3) is 0.519.